The van der Waals surface area contributed by atoms with Crippen LogP contribution in [0.2, 0.25) is 0 Å². The highest BCUT2D eigenvalue weighted by atomic mass is 19.3. The number of halogens is 2. The molecule has 4 heteroatoms. The van der Waals surface area contributed by atoms with E-state index in [1.807, 2.05) is 13.0 Å². The highest BCUT2D eigenvalue weighted by Crippen LogP contribution is 2.29. The van der Waals surface area contributed by atoms with Crippen molar-refractivity contribution >= 4 is 5.91 Å². The third-order valence-electron chi connectivity index (χ3n) is 3.74. The maximum Gasteiger partial charge on any atom is 0.267 e. The summed E-state index contributed by atoms with van der Waals surface area (Å²) in [5, 5.41) is 0. The van der Waals surface area contributed by atoms with Crippen LogP contribution in [-0.2, 0) is 5.41 Å². The number of carbonyl (C=O) groups is 1. The number of rotatable bonds is 1. The Balaban J connectivity index is 2.22. The van der Waals surface area contributed by atoms with Gasteiger partial charge in [-0.25, -0.2) is 8.78 Å². The topological polar surface area (TPSA) is 20.3 Å². The van der Waals surface area contributed by atoms with E-state index >= 15 is 0 Å². The molecule has 2 nitrogen and oxygen atoms in total. The quantitative estimate of drug-likeness (QED) is 0.767. The molecule has 1 aliphatic heterocycles. The molecule has 0 saturated carbocycles. The minimum Gasteiger partial charge on any atom is -0.332 e. The molecule has 1 aliphatic rings. The molecule has 0 radical (unpaired) electrons. The summed E-state index contributed by atoms with van der Waals surface area (Å²) < 4.78 is 26.4. The predicted molar refractivity (Wildman–Crippen MR) is 75.3 cm³/mol. The van der Waals surface area contributed by atoms with Crippen molar-refractivity contribution in [1.82, 2.24) is 4.90 Å². The highest BCUT2D eigenvalue weighted by Gasteiger charge is 2.40. The summed E-state index contributed by atoms with van der Waals surface area (Å²) in [5.41, 5.74) is 2.69. The Bertz CT molecular complexity index is 532. The zero-order valence-electron chi connectivity index (χ0n) is 12.5. The number of aryl methyl sites for hydroxylation is 1. The monoisotopic (exact) mass is 281 g/mol. The lowest BCUT2D eigenvalue weighted by Crippen LogP contribution is -2.31. The predicted octanol–water partition coefficient (Wildman–Crippen LogP) is 3.77. The summed E-state index contributed by atoms with van der Waals surface area (Å²) in [5.74, 6) is -3.04. The van der Waals surface area contributed by atoms with Crippen molar-refractivity contribution in [2.75, 3.05) is 13.1 Å². The first-order chi connectivity index (χ1) is 9.10. The van der Waals surface area contributed by atoms with Crippen LogP contribution in [0.15, 0.2) is 18.2 Å². The smallest absolute Gasteiger partial charge is 0.267 e. The van der Waals surface area contributed by atoms with Crippen molar-refractivity contribution < 1.29 is 13.6 Å². The molecule has 1 aromatic carbocycles. The fourth-order valence-electron chi connectivity index (χ4n) is 2.73. The zero-order chi connectivity index (χ0) is 15.1. The molecule has 1 saturated heterocycles. The Morgan fingerprint density at radius 3 is 2.40 bits per heavy atom. The summed E-state index contributed by atoms with van der Waals surface area (Å²) >= 11 is 0. The van der Waals surface area contributed by atoms with Crippen molar-refractivity contribution in [1.29, 1.82) is 0 Å². The summed E-state index contributed by atoms with van der Waals surface area (Å²) in [6, 6.07) is 5.47. The number of nitrogens with zero attached hydrogens (tertiary/aromatic N) is 1. The average Bonchev–Trinajstić information content (AvgIpc) is 2.67. The van der Waals surface area contributed by atoms with Crippen molar-refractivity contribution in [3.8, 4) is 0 Å². The first-order valence-corrected chi connectivity index (χ1v) is 6.88. The van der Waals surface area contributed by atoms with E-state index in [1.165, 1.54) is 10.5 Å². The molecule has 2 rings (SSSR count). The molecule has 0 N–H and O–H groups in total. The Labute approximate surface area is 118 Å². The number of carbonyl (C=O) groups excluding carboxylic acids is 1. The highest BCUT2D eigenvalue weighted by molar-refractivity contribution is 5.94. The van der Waals surface area contributed by atoms with Gasteiger partial charge in [-0.3, -0.25) is 4.79 Å². The van der Waals surface area contributed by atoms with E-state index < -0.39 is 12.5 Å². The molecule has 0 aromatic heterocycles. The molecular weight excluding hydrogens is 260 g/mol. The van der Waals surface area contributed by atoms with Gasteiger partial charge in [-0.05, 0) is 35.6 Å². The Kier molecular flexibility index (Phi) is 3.61. The van der Waals surface area contributed by atoms with E-state index in [-0.39, 0.29) is 24.3 Å². The van der Waals surface area contributed by atoms with Crippen LogP contribution < -0.4 is 0 Å². The van der Waals surface area contributed by atoms with Gasteiger partial charge in [0.2, 0.25) is 0 Å². The first-order valence-electron chi connectivity index (χ1n) is 6.88. The lowest BCUT2D eigenvalue weighted by molar-refractivity contribution is 0.0120. The van der Waals surface area contributed by atoms with Crippen LogP contribution >= 0.6 is 0 Å². The molecular formula is C16H21F2NO. The molecule has 1 amide bonds. The van der Waals surface area contributed by atoms with Gasteiger partial charge in [-0.15, -0.1) is 0 Å². The number of benzene rings is 1. The van der Waals surface area contributed by atoms with Gasteiger partial charge in [0.15, 0.2) is 0 Å². The maximum atomic E-state index is 13.2. The fourth-order valence-corrected chi connectivity index (χ4v) is 2.73. The second kappa shape index (κ2) is 4.83. The van der Waals surface area contributed by atoms with Gasteiger partial charge < -0.3 is 4.90 Å². The molecule has 0 atom stereocenters. The zero-order valence-corrected chi connectivity index (χ0v) is 12.5. The number of likely N-dealkylation sites (tertiary alicyclic amines) is 1. The van der Waals surface area contributed by atoms with Crippen LogP contribution in [0.1, 0.15) is 48.7 Å². The van der Waals surface area contributed by atoms with Crippen molar-refractivity contribution in [2.45, 2.75) is 45.5 Å². The average molecular weight is 281 g/mol. The van der Waals surface area contributed by atoms with Gasteiger partial charge in [0, 0.05) is 18.5 Å². The van der Waals surface area contributed by atoms with Crippen molar-refractivity contribution in [3.05, 3.63) is 34.9 Å². The standard InChI is InChI=1S/C16H21F2NO/c1-11-9-12(5-6-13(11)15(2,3)4)14(20)19-8-7-16(17,18)10-19/h5-6,9H,7-8,10H2,1-4H3. The summed E-state index contributed by atoms with van der Waals surface area (Å²) in [6.45, 7) is 7.95. The lowest BCUT2D eigenvalue weighted by Gasteiger charge is -2.23. The minimum atomic E-state index is -2.74. The second-order valence-corrected chi connectivity index (χ2v) is 6.61. The molecule has 20 heavy (non-hydrogen) atoms. The van der Waals surface area contributed by atoms with E-state index in [4.69, 9.17) is 0 Å². The number of hydrogen-bond donors (Lipinski definition) is 0. The Hall–Kier alpha value is -1.45. The SMILES string of the molecule is Cc1cc(C(=O)N2CCC(F)(F)C2)ccc1C(C)(C)C. The minimum absolute atomic E-state index is 0.00629. The normalized spacial score (nSPS) is 18.4. The van der Waals surface area contributed by atoms with Gasteiger partial charge >= 0.3 is 0 Å². The molecule has 0 unspecified atom stereocenters. The van der Waals surface area contributed by atoms with Gasteiger partial charge in [-0.1, -0.05) is 26.8 Å². The second-order valence-electron chi connectivity index (χ2n) is 6.61. The van der Waals surface area contributed by atoms with Crippen LogP contribution in [0.3, 0.4) is 0 Å². The summed E-state index contributed by atoms with van der Waals surface area (Å²) in [6.07, 6.45) is -0.238. The maximum absolute atomic E-state index is 13.2. The third-order valence-corrected chi connectivity index (χ3v) is 3.74. The molecule has 0 aliphatic carbocycles. The van der Waals surface area contributed by atoms with E-state index in [0.717, 1.165) is 5.56 Å². The van der Waals surface area contributed by atoms with Crippen LogP contribution in [-0.4, -0.2) is 29.8 Å². The summed E-state index contributed by atoms with van der Waals surface area (Å²) in [4.78, 5) is 13.5. The van der Waals surface area contributed by atoms with E-state index in [1.54, 1.807) is 12.1 Å². The molecule has 0 bridgehead atoms. The van der Waals surface area contributed by atoms with E-state index in [0.29, 0.717) is 5.56 Å². The van der Waals surface area contributed by atoms with Gasteiger partial charge in [0.25, 0.3) is 11.8 Å². The van der Waals surface area contributed by atoms with Crippen molar-refractivity contribution in [3.63, 3.8) is 0 Å². The first kappa shape index (κ1) is 14.9. The molecule has 1 fully saturated rings. The summed E-state index contributed by atoms with van der Waals surface area (Å²) in [7, 11) is 0. The molecule has 0 spiro atoms. The largest absolute Gasteiger partial charge is 0.332 e. The number of amides is 1. The number of alkyl halides is 2. The van der Waals surface area contributed by atoms with Crippen LogP contribution in [0.25, 0.3) is 0 Å². The Morgan fingerprint density at radius 1 is 1.30 bits per heavy atom. The fraction of sp³-hybridized carbons (Fsp3) is 0.562. The third kappa shape index (κ3) is 3.00. The molecule has 1 aromatic rings. The Morgan fingerprint density at radius 2 is 1.95 bits per heavy atom. The van der Waals surface area contributed by atoms with Crippen LogP contribution in [0, 0.1) is 6.92 Å². The van der Waals surface area contributed by atoms with Gasteiger partial charge in [0.05, 0.1) is 6.54 Å². The van der Waals surface area contributed by atoms with Crippen LogP contribution in [0.5, 0.6) is 0 Å². The van der Waals surface area contributed by atoms with E-state index in [2.05, 4.69) is 20.8 Å². The lowest BCUT2D eigenvalue weighted by atomic mass is 9.83. The van der Waals surface area contributed by atoms with E-state index in [9.17, 15) is 13.6 Å². The van der Waals surface area contributed by atoms with Crippen molar-refractivity contribution in [2.24, 2.45) is 0 Å². The van der Waals surface area contributed by atoms with Gasteiger partial charge in [0.1, 0.15) is 0 Å². The van der Waals surface area contributed by atoms with Crippen LogP contribution in [0.4, 0.5) is 8.78 Å². The molecule has 1 heterocycles. The number of hydrogen-bond acceptors (Lipinski definition) is 1. The molecule has 110 valence electrons. The van der Waals surface area contributed by atoms with Gasteiger partial charge in [-0.2, -0.15) is 0 Å².